The van der Waals surface area contributed by atoms with Crippen molar-refractivity contribution in [2.45, 2.75) is 13.8 Å². The van der Waals surface area contributed by atoms with E-state index in [0.29, 0.717) is 17.9 Å². The van der Waals surface area contributed by atoms with Gasteiger partial charge in [-0.05, 0) is 43.0 Å². The van der Waals surface area contributed by atoms with E-state index in [0.717, 1.165) is 49.9 Å². The molecule has 5 nitrogen and oxygen atoms in total. The molecule has 1 aromatic heterocycles. The molecule has 5 rings (SSSR count). The van der Waals surface area contributed by atoms with E-state index in [1.165, 1.54) is 0 Å². The molecular formula is C31H27NO4. The first-order valence-electron chi connectivity index (χ1n) is 11.9. The van der Waals surface area contributed by atoms with Gasteiger partial charge in [0, 0.05) is 45.3 Å². The third kappa shape index (κ3) is 4.43. The number of carbonyl (C=O) groups is 1. The molecule has 1 amide bonds. The van der Waals surface area contributed by atoms with Crippen LogP contribution in [0.1, 0.15) is 19.4 Å². The smallest absolute Gasteiger partial charge is 0.248 e. The minimum atomic E-state index is -0.205. The van der Waals surface area contributed by atoms with Crippen LogP contribution < -0.4 is 14.8 Å². The Balaban J connectivity index is 1.54. The second kappa shape index (κ2) is 10.0. The van der Waals surface area contributed by atoms with Gasteiger partial charge < -0.3 is 19.2 Å². The van der Waals surface area contributed by atoms with Crippen LogP contribution in [-0.4, -0.2) is 19.6 Å². The average molecular weight is 478 g/mol. The number of hydrogen-bond acceptors (Lipinski definition) is 4. The zero-order valence-electron chi connectivity index (χ0n) is 20.5. The van der Waals surface area contributed by atoms with E-state index in [1.807, 2.05) is 92.7 Å². The van der Waals surface area contributed by atoms with Crippen molar-refractivity contribution >= 4 is 38.9 Å². The van der Waals surface area contributed by atoms with E-state index < -0.39 is 0 Å². The quantitative estimate of drug-likeness (QED) is 0.244. The molecule has 0 aliphatic carbocycles. The van der Waals surface area contributed by atoms with Crippen LogP contribution in [0.15, 0.2) is 95.6 Å². The summed E-state index contributed by atoms with van der Waals surface area (Å²) < 4.78 is 17.4. The lowest BCUT2D eigenvalue weighted by molar-refractivity contribution is -0.111. The highest BCUT2D eigenvalue weighted by molar-refractivity contribution is 6.09. The van der Waals surface area contributed by atoms with E-state index >= 15 is 0 Å². The highest BCUT2D eigenvalue weighted by atomic mass is 16.5. The maximum atomic E-state index is 13.0. The number of anilines is 1. The summed E-state index contributed by atoms with van der Waals surface area (Å²) in [7, 11) is 1.65. The lowest BCUT2D eigenvalue weighted by Gasteiger charge is -2.12. The summed E-state index contributed by atoms with van der Waals surface area (Å²) in [6, 6.07) is 25.6. The third-order valence-corrected chi connectivity index (χ3v) is 6.19. The Morgan fingerprint density at radius 2 is 1.69 bits per heavy atom. The molecule has 36 heavy (non-hydrogen) atoms. The maximum absolute atomic E-state index is 13.0. The van der Waals surface area contributed by atoms with Gasteiger partial charge in [-0.3, -0.25) is 4.79 Å². The normalized spacial score (nSPS) is 11.6. The second-order valence-electron chi connectivity index (χ2n) is 8.47. The number of ether oxygens (including phenoxy) is 2. The molecule has 0 aliphatic heterocycles. The van der Waals surface area contributed by atoms with Gasteiger partial charge in [0.05, 0.1) is 20.0 Å². The number of hydrogen-bond donors (Lipinski definition) is 1. The first kappa shape index (κ1) is 23.2. The average Bonchev–Trinajstić information content (AvgIpc) is 3.31. The van der Waals surface area contributed by atoms with Crippen molar-refractivity contribution in [2.75, 3.05) is 19.0 Å². The summed E-state index contributed by atoms with van der Waals surface area (Å²) in [4.78, 5) is 13.0. The van der Waals surface area contributed by atoms with Crippen LogP contribution in [0.25, 0.3) is 38.4 Å². The van der Waals surface area contributed by atoms with Crippen LogP contribution in [0, 0.1) is 0 Å². The van der Waals surface area contributed by atoms with E-state index in [4.69, 9.17) is 13.9 Å². The minimum Gasteiger partial charge on any atom is -0.496 e. The van der Waals surface area contributed by atoms with Crippen molar-refractivity contribution in [1.82, 2.24) is 0 Å². The van der Waals surface area contributed by atoms with Gasteiger partial charge in [-0.1, -0.05) is 54.6 Å². The molecule has 1 heterocycles. The Kier molecular flexibility index (Phi) is 6.46. The molecule has 0 bridgehead atoms. The predicted octanol–water partition coefficient (Wildman–Crippen LogP) is 7.70. The molecule has 0 unspecified atom stereocenters. The fourth-order valence-electron chi connectivity index (χ4n) is 4.49. The minimum absolute atomic E-state index is 0.205. The van der Waals surface area contributed by atoms with Gasteiger partial charge in [-0.2, -0.15) is 0 Å². The van der Waals surface area contributed by atoms with Gasteiger partial charge in [0.15, 0.2) is 0 Å². The Bertz CT molecular complexity index is 1590. The zero-order chi connectivity index (χ0) is 25.1. The molecule has 0 atom stereocenters. The van der Waals surface area contributed by atoms with Crippen molar-refractivity contribution in [2.24, 2.45) is 0 Å². The molecule has 1 N–H and O–H groups in total. The summed E-state index contributed by atoms with van der Waals surface area (Å²) in [5, 5.41) is 6.02. The fraction of sp³-hybridized carbons (Fsp3) is 0.129. The lowest BCUT2D eigenvalue weighted by atomic mass is 9.98. The molecule has 0 fully saturated rings. The van der Waals surface area contributed by atoms with Gasteiger partial charge in [-0.15, -0.1) is 0 Å². The van der Waals surface area contributed by atoms with Crippen molar-refractivity contribution in [3.8, 4) is 22.6 Å². The first-order valence-corrected chi connectivity index (χ1v) is 11.9. The molecule has 0 aliphatic rings. The Morgan fingerprint density at radius 1 is 0.917 bits per heavy atom. The maximum Gasteiger partial charge on any atom is 0.248 e. The van der Waals surface area contributed by atoms with Gasteiger partial charge in [0.2, 0.25) is 5.91 Å². The van der Waals surface area contributed by atoms with Crippen molar-refractivity contribution in [3.05, 3.63) is 96.8 Å². The van der Waals surface area contributed by atoms with Crippen molar-refractivity contribution < 1.29 is 18.7 Å². The van der Waals surface area contributed by atoms with Crippen LogP contribution in [0.5, 0.6) is 11.5 Å². The van der Waals surface area contributed by atoms with E-state index in [-0.39, 0.29) is 5.91 Å². The monoisotopic (exact) mass is 477 g/mol. The van der Waals surface area contributed by atoms with Gasteiger partial charge in [0.25, 0.3) is 0 Å². The molecule has 180 valence electrons. The van der Waals surface area contributed by atoms with Gasteiger partial charge >= 0.3 is 0 Å². The molecule has 5 heteroatoms. The molecule has 0 saturated heterocycles. The summed E-state index contributed by atoms with van der Waals surface area (Å²) >= 11 is 0. The summed E-state index contributed by atoms with van der Waals surface area (Å²) in [6.45, 7) is 4.34. The summed E-state index contributed by atoms with van der Waals surface area (Å²) in [6.07, 6.45) is 3.34. The largest absolute Gasteiger partial charge is 0.496 e. The fourth-order valence-corrected chi connectivity index (χ4v) is 4.49. The molecule has 4 aromatic carbocycles. The summed E-state index contributed by atoms with van der Waals surface area (Å²) in [5.41, 5.74) is 4.94. The lowest BCUT2D eigenvalue weighted by Crippen LogP contribution is -2.09. The SMILES string of the molecule is CCOc1cc2occ(-c3ccccc3OC)c2cc1/C(C)=C/C(=O)Nc1cccc2ccccc12. The predicted molar refractivity (Wildman–Crippen MR) is 146 cm³/mol. The van der Waals surface area contributed by atoms with Crippen LogP contribution in [0.4, 0.5) is 5.69 Å². The number of fused-ring (bicyclic) bond motifs is 2. The highest BCUT2D eigenvalue weighted by Gasteiger charge is 2.17. The Hall–Kier alpha value is -4.51. The zero-order valence-corrected chi connectivity index (χ0v) is 20.5. The number of amides is 1. The van der Waals surface area contributed by atoms with Gasteiger partial charge in [0.1, 0.15) is 17.1 Å². The molecule has 0 radical (unpaired) electrons. The Labute approximate surface area is 210 Å². The van der Waals surface area contributed by atoms with Crippen LogP contribution in [0.3, 0.4) is 0 Å². The number of allylic oxidation sites excluding steroid dienone is 1. The van der Waals surface area contributed by atoms with Crippen LogP contribution in [0.2, 0.25) is 0 Å². The van der Waals surface area contributed by atoms with E-state index in [9.17, 15) is 4.79 Å². The number of nitrogens with one attached hydrogen (secondary N) is 1. The third-order valence-electron chi connectivity index (χ3n) is 6.19. The standard InChI is InChI=1S/C31H27NO4/c1-4-35-29-18-30-25(26(19-36-30)23-13-7-8-15-28(23)34-3)17-24(29)20(2)16-31(33)32-27-14-9-11-21-10-5-6-12-22(21)27/h5-19H,4H2,1-3H3,(H,32,33)/b20-16+. The van der Waals surface area contributed by atoms with Crippen molar-refractivity contribution in [3.63, 3.8) is 0 Å². The molecule has 5 aromatic rings. The van der Waals surface area contributed by atoms with E-state index in [2.05, 4.69) is 5.32 Å². The molecule has 0 spiro atoms. The molecule has 0 saturated carbocycles. The number of rotatable bonds is 7. The number of furan rings is 1. The number of benzene rings is 4. The highest BCUT2D eigenvalue weighted by Crippen LogP contribution is 2.40. The van der Waals surface area contributed by atoms with Gasteiger partial charge in [-0.25, -0.2) is 0 Å². The Morgan fingerprint density at radius 3 is 2.53 bits per heavy atom. The van der Waals surface area contributed by atoms with Crippen LogP contribution in [-0.2, 0) is 4.79 Å². The number of methoxy groups -OCH3 is 1. The summed E-state index contributed by atoms with van der Waals surface area (Å²) in [5.74, 6) is 1.22. The number of para-hydroxylation sites is 1. The second-order valence-corrected chi connectivity index (χ2v) is 8.47. The van der Waals surface area contributed by atoms with Crippen LogP contribution >= 0.6 is 0 Å². The van der Waals surface area contributed by atoms with Crippen molar-refractivity contribution in [1.29, 1.82) is 0 Å². The first-order chi connectivity index (χ1) is 17.6. The number of carbonyl (C=O) groups excluding carboxylic acids is 1. The molecular weight excluding hydrogens is 450 g/mol. The van der Waals surface area contributed by atoms with E-state index in [1.54, 1.807) is 19.4 Å². The topological polar surface area (TPSA) is 60.7 Å².